The molecule has 0 saturated heterocycles. The van der Waals surface area contributed by atoms with Gasteiger partial charge in [-0.05, 0) is 0 Å². The average Bonchev–Trinajstić information content (AvgIpc) is 3.41. The van der Waals surface area contributed by atoms with Crippen LogP contribution in [0.3, 0.4) is 0 Å². The molecule has 0 fully saturated rings. The highest BCUT2D eigenvalue weighted by atomic mass is 32.2. The van der Waals surface area contributed by atoms with E-state index in [4.69, 9.17) is 0 Å². The van der Waals surface area contributed by atoms with Crippen LogP contribution in [-0.2, 0) is 0 Å². The highest BCUT2D eigenvalue weighted by Gasteiger charge is 2.28. The molecule has 2 heterocycles. The van der Waals surface area contributed by atoms with Gasteiger partial charge in [0.2, 0.25) is 0 Å². The molecule has 0 aliphatic carbocycles. The second-order valence-corrected chi connectivity index (χ2v) is 6.63. The highest BCUT2D eigenvalue weighted by molar-refractivity contribution is 7.99. The van der Waals surface area contributed by atoms with Crippen molar-refractivity contribution in [1.29, 1.82) is 0 Å². The van der Waals surface area contributed by atoms with Crippen molar-refractivity contribution in [3.8, 4) is 22.5 Å². The van der Waals surface area contributed by atoms with Gasteiger partial charge in [-0.15, -0.1) is 0 Å². The Morgan fingerprint density at radius 2 is 1.54 bits per heavy atom. The van der Waals surface area contributed by atoms with E-state index in [1.54, 1.807) is 18.7 Å². The van der Waals surface area contributed by atoms with E-state index >= 15 is 0 Å². The number of aromatic amines is 2. The van der Waals surface area contributed by atoms with Crippen molar-refractivity contribution in [3.05, 3.63) is 79.4 Å². The largest absolute Gasteiger partial charge is 0.398 e. The molecule has 0 radical (unpaired) electrons. The van der Waals surface area contributed by atoms with Gasteiger partial charge in [0, 0.05) is 23.5 Å². The predicted molar refractivity (Wildman–Crippen MR) is 105 cm³/mol. The number of halogens is 3. The zero-order chi connectivity index (χ0) is 19.8. The van der Waals surface area contributed by atoms with Crippen molar-refractivity contribution in [2.75, 3.05) is 5.75 Å². The Morgan fingerprint density at radius 1 is 0.893 bits per heavy atom. The molecule has 144 valence electrons. The maximum atomic E-state index is 12.4. The number of hydrogen-bond acceptors (Lipinski definition) is 3. The van der Waals surface area contributed by atoms with Gasteiger partial charge in [-0.25, -0.2) is 9.97 Å². The van der Waals surface area contributed by atoms with Crippen molar-refractivity contribution in [3.63, 3.8) is 0 Å². The minimum absolute atomic E-state index is 0.264. The summed E-state index contributed by atoms with van der Waals surface area (Å²) < 4.78 is 37.3. The summed E-state index contributed by atoms with van der Waals surface area (Å²) in [7, 11) is 0. The van der Waals surface area contributed by atoms with Gasteiger partial charge in [0.1, 0.15) is 0 Å². The molecule has 4 aromatic rings. The Morgan fingerprint density at radius 3 is 2.04 bits per heavy atom. The zero-order valence-electron chi connectivity index (χ0n) is 14.6. The minimum Gasteiger partial charge on any atom is -0.351 e. The van der Waals surface area contributed by atoms with E-state index in [0.717, 1.165) is 16.8 Å². The van der Waals surface area contributed by atoms with Crippen molar-refractivity contribution < 1.29 is 13.2 Å². The summed E-state index contributed by atoms with van der Waals surface area (Å²) in [4.78, 5) is 13.8. The monoisotopic (exact) mass is 402 g/mol. The van der Waals surface area contributed by atoms with Crippen molar-refractivity contribution in [2.45, 2.75) is 11.3 Å². The molecule has 0 bridgehead atoms. The SMILES string of the molecule is FC(F)(F)CSc1nc(-c2ccccc2)c(-c2ccccc2)[nH]1.c1c[nH]cn1. The molecule has 0 atom stereocenters. The lowest BCUT2D eigenvalue weighted by molar-refractivity contribution is -0.105. The van der Waals surface area contributed by atoms with Crippen molar-refractivity contribution in [1.82, 2.24) is 19.9 Å². The number of H-pyrrole nitrogens is 2. The molecule has 0 saturated carbocycles. The molecule has 2 N–H and O–H groups in total. The summed E-state index contributed by atoms with van der Waals surface area (Å²) >= 11 is 0.660. The first-order valence-corrected chi connectivity index (χ1v) is 9.34. The van der Waals surface area contributed by atoms with E-state index in [0.29, 0.717) is 17.5 Å². The summed E-state index contributed by atoms with van der Waals surface area (Å²) in [6, 6.07) is 18.9. The van der Waals surface area contributed by atoms with E-state index in [2.05, 4.69) is 19.9 Å². The Kier molecular flexibility index (Phi) is 6.54. The maximum absolute atomic E-state index is 12.4. The second kappa shape index (κ2) is 9.27. The van der Waals surface area contributed by atoms with Crippen LogP contribution in [0.25, 0.3) is 22.5 Å². The molecule has 28 heavy (non-hydrogen) atoms. The Hall–Kier alpha value is -3.00. The van der Waals surface area contributed by atoms with Crippen LogP contribution in [0, 0.1) is 0 Å². The number of hydrogen-bond donors (Lipinski definition) is 2. The molecule has 2 aromatic heterocycles. The standard InChI is InChI=1S/C17H13F3N2S.C3H4N2/c18-17(19,20)11-23-16-21-14(12-7-3-1-4-8-12)15(22-16)13-9-5-2-6-10-13;1-2-5-3-4-1/h1-10H,11H2,(H,21,22);1-3H,(H,4,5). The number of rotatable bonds is 4. The average molecular weight is 402 g/mol. The first kappa shape index (κ1) is 19.8. The highest BCUT2D eigenvalue weighted by Crippen LogP contribution is 2.34. The third kappa shape index (κ3) is 5.75. The van der Waals surface area contributed by atoms with Crippen LogP contribution in [0.5, 0.6) is 0 Å². The van der Waals surface area contributed by atoms with E-state index in [9.17, 15) is 13.2 Å². The summed E-state index contributed by atoms with van der Waals surface area (Å²) in [6.07, 6.45) is 0.858. The van der Waals surface area contributed by atoms with Crippen LogP contribution in [0.1, 0.15) is 0 Å². The number of nitrogens with one attached hydrogen (secondary N) is 2. The molecule has 0 spiro atoms. The summed E-state index contributed by atoms with van der Waals surface area (Å²) in [6.45, 7) is 0. The molecule has 4 rings (SSSR count). The zero-order valence-corrected chi connectivity index (χ0v) is 15.5. The molecule has 4 nitrogen and oxygen atoms in total. The van der Waals surface area contributed by atoms with Crippen LogP contribution < -0.4 is 0 Å². The van der Waals surface area contributed by atoms with Gasteiger partial charge in [0.15, 0.2) is 5.16 Å². The van der Waals surface area contributed by atoms with E-state index in [1.807, 2.05) is 60.7 Å². The topological polar surface area (TPSA) is 57.4 Å². The quantitative estimate of drug-likeness (QED) is 0.424. The number of imidazole rings is 2. The second-order valence-electron chi connectivity index (χ2n) is 5.66. The molecule has 0 aliphatic heterocycles. The van der Waals surface area contributed by atoms with Crippen molar-refractivity contribution >= 4 is 11.8 Å². The van der Waals surface area contributed by atoms with Crippen LogP contribution in [0.2, 0.25) is 0 Å². The lowest BCUT2D eigenvalue weighted by Crippen LogP contribution is -2.10. The van der Waals surface area contributed by atoms with Gasteiger partial charge < -0.3 is 9.97 Å². The van der Waals surface area contributed by atoms with Gasteiger partial charge in [0.25, 0.3) is 0 Å². The summed E-state index contributed by atoms with van der Waals surface area (Å²) in [5.41, 5.74) is 3.13. The number of thioether (sulfide) groups is 1. The molecular weight excluding hydrogens is 385 g/mol. The number of nitrogens with zero attached hydrogens (tertiary/aromatic N) is 2. The number of benzene rings is 2. The normalized spacial score (nSPS) is 11.0. The first-order valence-electron chi connectivity index (χ1n) is 8.36. The summed E-state index contributed by atoms with van der Waals surface area (Å²) in [5.74, 6) is -0.969. The van der Waals surface area contributed by atoms with Crippen LogP contribution in [0.4, 0.5) is 13.2 Å². The maximum Gasteiger partial charge on any atom is 0.398 e. The number of aromatic nitrogens is 4. The molecular formula is C20H17F3N4S. The Bertz CT molecular complexity index is 878. The fourth-order valence-corrected chi connectivity index (χ4v) is 3.03. The molecule has 0 aliphatic rings. The lowest BCUT2D eigenvalue weighted by atomic mass is 10.1. The van der Waals surface area contributed by atoms with Gasteiger partial charge in [0.05, 0.1) is 23.5 Å². The first-order chi connectivity index (χ1) is 13.5. The van der Waals surface area contributed by atoms with E-state index < -0.39 is 11.9 Å². The minimum atomic E-state index is -4.22. The van der Waals surface area contributed by atoms with E-state index in [1.165, 1.54) is 0 Å². The molecule has 8 heteroatoms. The fraction of sp³-hybridized carbons (Fsp3) is 0.100. The third-order valence-electron chi connectivity index (χ3n) is 3.57. The van der Waals surface area contributed by atoms with Crippen LogP contribution >= 0.6 is 11.8 Å². The van der Waals surface area contributed by atoms with Gasteiger partial charge in [-0.3, -0.25) is 0 Å². The van der Waals surface area contributed by atoms with Gasteiger partial charge in [-0.2, -0.15) is 13.2 Å². The van der Waals surface area contributed by atoms with Crippen molar-refractivity contribution in [2.24, 2.45) is 0 Å². The molecule has 0 amide bonds. The predicted octanol–water partition coefficient (Wildman–Crippen LogP) is 5.81. The smallest absolute Gasteiger partial charge is 0.351 e. The fourth-order valence-electron chi connectivity index (χ4n) is 2.40. The Labute approximate surface area is 164 Å². The van der Waals surface area contributed by atoms with Crippen LogP contribution in [-0.4, -0.2) is 31.9 Å². The Balaban J connectivity index is 0.000000391. The van der Waals surface area contributed by atoms with Gasteiger partial charge >= 0.3 is 6.18 Å². The lowest BCUT2D eigenvalue weighted by Gasteiger charge is -2.03. The van der Waals surface area contributed by atoms with Gasteiger partial charge in [-0.1, -0.05) is 72.4 Å². The number of alkyl halides is 3. The van der Waals surface area contributed by atoms with E-state index in [-0.39, 0.29) is 5.16 Å². The molecule has 2 aromatic carbocycles. The molecule has 0 unspecified atom stereocenters. The van der Waals surface area contributed by atoms with Crippen LogP contribution in [0.15, 0.2) is 84.5 Å². The summed E-state index contributed by atoms with van der Waals surface area (Å²) in [5, 5.41) is 0.264. The third-order valence-corrected chi connectivity index (χ3v) is 4.51.